The summed E-state index contributed by atoms with van der Waals surface area (Å²) in [6.07, 6.45) is 4.90. The third-order valence-electron chi connectivity index (χ3n) is 8.14. The Morgan fingerprint density at radius 2 is 1.68 bits per heavy atom. The SMILES string of the molecule is CCOCCCNC(=O)c1cc(NC(=O)C2CC2c2ccccc2)ccc1N1CCC(Cc2ccccc2)CC1. The van der Waals surface area contributed by atoms with Gasteiger partial charge < -0.3 is 20.3 Å². The maximum atomic E-state index is 13.4. The molecule has 2 aliphatic rings. The van der Waals surface area contributed by atoms with Crippen LogP contribution in [-0.2, 0) is 16.0 Å². The number of amides is 2. The van der Waals surface area contributed by atoms with Crippen molar-refractivity contribution in [3.05, 3.63) is 95.6 Å². The molecule has 3 aromatic rings. The summed E-state index contributed by atoms with van der Waals surface area (Å²) in [6, 6.07) is 26.7. The third-order valence-corrected chi connectivity index (χ3v) is 8.14. The van der Waals surface area contributed by atoms with Crippen molar-refractivity contribution in [3.8, 4) is 0 Å². The van der Waals surface area contributed by atoms with Crippen molar-refractivity contribution in [2.24, 2.45) is 11.8 Å². The fourth-order valence-electron chi connectivity index (χ4n) is 5.80. The van der Waals surface area contributed by atoms with Crippen molar-refractivity contribution in [2.75, 3.05) is 43.1 Å². The van der Waals surface area contributed by atoms with Gasteiger partial charge in [0.15, 0.2) is 0 Å². The van der Waals surface area contributed by atoms with Crippen LogP contribution in [0, 0.1) is 11.8 Å². The third kappa shape index (κ3) is 7.30. The van der Waals surface area contributed by atoms with Crippen LogP contribution in [0.3, 0.4) is 0 Å². The average Bonchev–Trinajstić information content (AvgIpc) is 3.80. The van der Waals surface area contributed by atoms with Crippen molar-refractivity contribution in [1.29, 1.82) is 0 Å². The molecule has 2 atom stereocenters. The summed E-state index contributed by atoms with van der Waals surface area (Å²) in [7, 11) is 0. The maximum Gasteiger partial charge on any atom is 0.253 e. The van der Waals surface area contributed by atoms with Crippen molar-refractivity contribution >= 4 is 23.2 Å². The zero-order chi connectivity index (χ0) is 27.7. The number of benzene rings is 3. The second-order valence-corrected chi connectivity index (χ2v) is 11.0. The first-order valence-electron chi connectivity index (χ1n) is 14.8. The van der Waals surface area contributed by atoms with Gasteiger partial charge in [0.05, 0.1) is 5.56 Å². The molecule has 1 saturated heterocycles. The van der Waals surface area contributed by atoms with Crippen LogP contribution in [0.15, 0.2) is 78.9 Å². The molecule has 2 N–H and O–H groups in total. The Balaban J connectivity index is 1.25. The predicted molar refractivity (Wildman–Crippen MR) is 161 cm³/mol. The predicted octanol–water partition coefficient (Wildman–Crippen LogP) is 6.04. The van der Waals surface area contributed by atoms with Crippen LogP contribution in [0.5, 0.6) is 0 Å². The molecule has 0 bridgehead atoms. The lowest BCUT2D eigenvalue weighted by Gasteiger charge is -2.35. The number of nitrogens with one attached hydrogen (secondary N) is 2. The zero-order valence-corrected chi connectivity index (χ0v) is 23.5. The molecule has 2 unspecified atom stereocenters. The molecule has 0 aromatic heterocycles. The molecule has 3 aromatic carbocycles. The van der Waals surface area contributed by atoms with Gasteiger partial charge in [-0.3, -0.25) is 9.59 Å². The number of ether oxygens (including phenoxy) is 1. The molecular weight excluding hydrogens is 498 g/mol. The molecular formula is C34H41N3O3. The van der Waals surface area contributed by atoms with Crippen LogP contribution in [0.1, 0.15) is 60.0 Å². The largest absolute Gasteiger partial charge is 0.382 e. The Labute approximate surface area is 238 Å². The number of nitrogens with zero attached hydrogens (tertiary/aromatic N) is 1. The van der Waals surface area contributed by atoms with Gasteiger partial charge in [0.2, 0.25) is 5.91 Å². The summed E-state index contributed by atoms with van der Waals surface area (Å²) in [6.45, 7) is 5.64. The van der Waals surface area contributed by atoms with Crippen LogP contribution >= 0.6 is 0 Å². The number of hydrogen-bond acceptors (Lipinski definition) is 4. The Bertz CT molecular complexity index is 1260. The van der Waals surface area contributed by atoms with Crippen molar-refractivity contribution in [3.63, 3.8) is 0 Å². The summed E-state index contributed by atoms with van der Waals surface area (Å²) in [4.78, 5) is 28.8. The Morgan fingerprint density at radius 3 is 2.40 bits per heavy atom. The first-order chi connectivity index (χ1) is 19.6. The Hall–Kier alpha value is -3.64. The van der Waals surface area contributed by atoms with Gasteiger partial charge in [0.1, 0.15) is 0 Å². The smallest absolute Gasteiger partial charge is 0.253 e. The second-order valence-electron chi connectivity index (χ2n) is 11.0. The second kappa shape index (κ2) is 13.6. The van der Waals surface area contributed by atoms with Gasteiger partial charge in [0.25, 0.3) is 5.91 Å². The molecule has 1 aliphatic carbocycles. The maximum absolute atomic E-state index is 13.4. The number of piperidine rings is 1. The lowest BCUT2D eigenvalue weighted by Crippen LogP contribution is -2.36. The van der Waals surface area contributed by atoms with Gasteiger partial charge in [-0.05, 0) is 80.2 Å². The Kier molecular flexibility index (Phi) is 9.50. The van der Waals surface area contributed by atoms with Crippen LogP contribution in [0.2, 0.25) is 0 Å². The summed E-state index contributed by atoms with van der Waals surface area (Å²) in [5, 5.41) is 6.15. The molecule has 40 heavy (non-hydrogen) atoms. The van der Waals surface area contributed by atoms with E-state index >= 15 is 0 Å². The lowest BCUT2D eigenvalue weighted by atomic mass is 9.89. The molecule has 6 nitrogen and oxygen atoms in total. The van der Waals surface area contributed by atoms with Gasteiger partial charge in [-0.15, -0.1) is 0 Å². The number of anilines is 2. The van der Waals surface area contributed by atoms with E-state index in [1.807, 2.05) is 43.3 Å². The van der Waals surface area contributed by atoms with E-state index in [4.69, 9.17) is 4.74 Å². The van der Waals surface area contributed by atoms with E-state index in [0.29, 0.717) is 36.9 Å². The number of carbonyl (C=O) groups is 2. The quantitative estimate of drug-likeness (QED) is 0.275. The molecule has 2 amide bonds. The Morgan fingerprint density at radius 1 is 0.950 bits per heavy atom. The van der Waals surface area contributed by atoms with Gasteiger partial charge in [-0.2, -0.15) is 0 Å². The standard InChI is InChI=1S/C34H41N3O3/c1-2-40-21-9-18-35-33(38)31-23-28(36-34(39)30-24-29(30)27-12-7-4-8-13-27)14-15-32(31)37-19-16-26(17-20-37)22-25-10-5-3-6-11-25/h3-8,10-15,23,26,29-30H,2,9,16-22,24H2,1H3,(H,35,38)(H,36,39). The minimum Gasteiger partial charge on any atom is -0.382 e. The lowest BCUT2D eigenvalue weighted by molar-refractivity contribution is -0.117. The van der Waals surface area contributed by atoms with Crippen LogP contribution in [-0.4, -0.2) is 44.7 Å². The normalized spacial score (nSPS) is 18.8. The topological polar surface area (TPSA) is 70.7 Å². The molecule has 1 heterocycles. The van der Waals surface area contributed by atoms with Gasteiger partial charge in [-0.25, -0.2) is 0 Å². The van der Waals surface area contributed by atoms with E-state index in [2.05, 4.69) is 58.0 Å². The highest BCUT2D eigenvalue weighted by Crippen LogP contribution is 2.48. The van der Waals surface area contributed by atoms with Crippen molar-refractivity contribution < 1.29 is 14.3 Å². The highest BCUT2D eigenvalue weighted by Gasteiger charge is 2.43. The van der Waals surface area contributed by atoms with Gasteiger partial charge >= 0.3 is 0 Å². The summed E-state index contributed by atoms with van der Waals surface area (Å²) in [5.74, 6) is 0.797. The van der Waals surface area contributed by atoms with Crippen LogP contribution in [0.4, 0.5) is 11.4 Å². The first kappa shape index (κ1) is 27.9. The number of hydrogen-bond donors (Lipinski definition) is 2. The molecule has 1 aliphatic heterocycles. The number of carbonyl (C=O) groups excluding carboxylic acids is 2. The molecule has 2 fully saturated rings. The minimum atomic E-state index is -0.109. The summed E-state index contributed by atoms with van der Waals surface area (Å²) < 4.78 is 5.42. The van der Waals surface area contributed by atoms with E-state index in [1.165, 1.54) is 11.1 Å². The molecule has 0 spiro atoms. The molecule has 6 heteroatoms. The fourth-order valence-corrected chi connectivity index (χ4v) is 5.80. The van der Waals surface area contributed by atoms with Gasteiger partial charge in [0, 0.05) is 50.1 Å². The van der Waals surface area contributed by atoms with E-state index in [1.54, 1.807) is 0 Å². The summed E-state index contributed by atoms with van der Waals surface area (Å²) >= 11 is 0. The monoisotopic (exact) mass is 539 g/mol. The highest BCUT2D eigenvalue weighted by molar-refractivity contribution is 6.02. The van der Waals surface area contributed by atoms with E-state index in [0.717, 1.165) is 50.9 Å². The minimum absolute atomic E-state index is 0.0198. The fraction of sp³-hybridized carbons (Fsp3) is 0.412. The van der Waals surface area contributed by atoms with Gasteiger partial charge in [-0.1, -0.05) is 60.7 Å². The number of rotatable bonds is 12. The molecule has 210 valence electrons. The molecule has 0 radical (unpaired) electrons. The zero-order valence-electron chi connectivity index (χ0n) is 23.5. The van der Waals surface area contributed by atoms with Crippen molar-refractivity contribution in [2.45, 2.75) is 44.9 Å². The molecule has 5 rings (SSSR count). The highest BCUT2D eigenvalue weighted by atomic mass is 16.5. The van der Waals surface area contributed by atoms with Crippen molar-refractivity contribution in [1.82, 2.24) is 5.32 Å². The first-order valence-corrected chi connectivity index (χ1v) is 14.8. The van der Waals surface area contributed by atoms with E-state index < -0.39 is 0 Å². The van der Waals surface area contributed by atoms with E-state index in [-0.39, 0.29) is 23.7 Å². The van der Waals surface area contributed by atoms with E-state index in [9.17, 15) is 9.59 Å². The molecule has 1 saturated carbocycles. The van der Waals surface area contributed by atoms with Crippen LogP contribution < -0.4 is 15.5 Å². The van der Waals surface area contributed by atoms with Crippen LogP contribution in [0.25, 0.3) is 0 Å². The average molecular weight is 540 g/mol. The summed E-state index contributed by atoms with van der Waals surface area (Å²) in [5.41, 5.74) is 4.82.